The SMILES string of the molecule is CCN(CC)CCCCNCc1cc(CNC(=O)C(F)(F)F)ccn1. The molecule has 0 aliphatic rings. The van der Waals surface area contributed by atoms with Crippen molar-refractivity contribution in [3.63, 3.8) is 0 Å². The molecule has 0 atom stereocenters. The first-order chi connectivity index (χ1) is 11.9. The maximum Gasteiger partial charge on any atom is 0.471 e. The summed E-state index contributed by atoms with van der Waals surface area (Å²) in [4.78, 5) is 17.4. The lowest BCUT2D eigenvalue weighted by Gasteiger charge is -2.17. The van der Waals surface area contributed by atoms with E-state index in [9.17, 15) is 18.0 Å². The van der Waals surface area contributed by atoms with Gasteiger partial charge < -0.3 is 15.5 Å². The zero-order valence-electron chi connectivity index (χ0n) is 14.8. The Kier molecular flexibility index (Phi) is 9.44. The van der Waals surface area contributed by atoms with Gasteiger partial charge in [-0.3, -0.25) is 9.78 Å². The minimum absolute atomic E-state index is 0.169. The Balaban J connectivity index is 2.28. The molecule has 2 N–H and O–H groups in total. The van der Waals surface area contributed by atoms with Crippen LogP contribution in [0.2, 0.25) is 0 Å². The molecule has 5 nitrogen and oxygen atoms in total. The Morgan fingerprint density at radius 2 is 1.92 bits per heavy atom. The van der Waals surface area contributed by atoms with Crippen molar-refractivity contribution in [1.29, 1.82) is 0 Å². The maximum absolute atomic E-state index is 12.2. The monoisotopic (exact) mass is 360 g/mol. The van der Waals surface area contributed by atoms with Gasteiger partial charge >= 0.3 is 12.1 Å². The van der Waals surface area contributed by atoms with Crippen LogP contribution in [-0.2, 0) is 17.9 Å². The molecule has 1 aromatic heterocycles. The minimum Gasteiger partial charge on any atom is -0.344 e. The van der Waals surface area contributed by atoms with E-state index in [1.54, 1.807) is 12.1 Å². The third kappa shape index (κ3) is 8.83. The first kappa shape index (κ1) is 21.4. The van der Waals surface area contributed by atoms with E-state index >= 15 is 0 Å². The molecule has 0 aromatic carbocycles. The number of hydrogen-bond acceptors (Lipinski definition) is 4. The van der Waals surface area contributed by atoms with Crippen LogP contribution >= 0.6 is 0 Å². The lowest BCUT2D eigenvalue weighted by Crippen LogP contribution is -2.36. The third-order valence-corrected chi connectivity index (χ3v) is 3.87. The minimum atomic E-state index is -4.86. The molecule has 0 saturated carbocycles. The topological polar surface area (TPSA) is 57.3 Å². The summed E-state index contributed by atoms with van der Waals surface area (Å²) in [5, 5.41) is 5.13. The summed E-state index contributed by atoms with van der Waals surface area (Å²) >= 11 is 0. The largest absolute Gasteiger partial charge is 0.471 e. The number of nitrogens with zero attached hydrogens (tertiary/aromatic N) is 2. The molecule has 0 aliphatic heterocycles. The normalized spacial score (nSPS) is 11.8. The number of amides is 1. The van der Waals surface area contributed by atoms with Crippen LogP contribution in [0.15, 0.2) is 18.3 Å². The highest BCUT2D eigenvalue weighted by atomic mass is 19.4. The van der Waals surface area contributed by atoms with Crippen molar-refractivity contribution in [2.24, 2.45) is 0 Å². The van der Waals surface area contributed by atoms with Gasteiger partial charge in [-0.05, 0) is 56.7 Å². The fourth-order valence-electron chi connectivity index (χ4n) is 2.36. The standard InChI is InChI=1S/C17H27F3N4O/c1-3-24(4-2)10-6-5-8-21-13-15-11-14(7-9-22-15)12-23-16(25)17(18,19)20/h7,9,11,21H,3-6,8,10,12-13H2,1-2H3,(H,23,25). The van der Waals surface area contributed by atoms with Crippen molar-refractivity contribution in [3.05, 3.63) is 29.6 Å². The van der Waals surface area contributed by atoms with Gasteiger partial charge in [-0.1, -0.05) is 13.8 Å². The first-order valence-corrected chi connectivity index (χ1v) is 8.58. The average Bonchev–Trinajstić information content (AvgIpc) is 2.58. The molecular formula is C17H27F3N4O. The van der Waals surface area contributed by atoms with E-state index in [1.165, 1.54) is 6.20 Å². The highest BCUT2D eigenvalue weighted by Gasteiger charge is 2.38. The predicted molar refractivity (Wildman–Crippen MR) is 90.9 cm³/mol. The molecule has 1 amide bonds. The predicted octanol–water partition coefficient (Wildman–Crippen LogP) is 2.47. The molecule has 0 fully saturated rings. The lowest BCUT2D eigenvalue weighted by molar-refractivity contribution is -0.173. The Morgan fingerprint density at radius 1 is 1.20 bits per heavy atom. The van der Waals surface area contributed by atoms with Gasteiger partial charge in [0.1, 0.15) is 0 Å². The Labute approximate surface area is 147 Å². The number of pyridine rings is 1. The number of rotatable bonds is 11. The zero-order valence-corrected chi connectivity index (χ0v) is 14.8. The molecule has 0 aliphatic carbocycles. The number of nitrogens with one attached hydrogen (secondary N) is 2. The average molecular weight is 360 g/mol. The summed E-state index contributed by atoms with van der Waals surface area (Å²) in [6.07, 6.45) is -1.15. The highest BCUT2D eigenvalue weighted by Crippen LogP contribution is 2.14. The van der Waals surface area contributed by atoms with E-state index in [0.29, 0.717) is 12.1 Å². The number of aromatic nitrogens is 1. The fourth-order valence-corrected chi connectivity index (χ4v) is 2.36. The molecule has 1 rings (SSSR count). The van der Waals surface area contributed by atoms with Crippen LogP contribution in [0.4, 0.5) is 13.2 Å². The lowest BCUT2D eigenvalue weighted by atomic mass is 10.2. The fraction of sp³-hybridized carbons (Fsp3) is 0.647. The highest BCUT2D eigenvalue weighted by molar-refractivity contribution is 5.81. The van der Waals surface area contributed by atoms with Gasteiger partial charge in [-0.15, -0.1) is 0 Å². The van der Waals surface area contributed by atoms with Gasteiger partial charge in [-0.2, -0.15) is 13.2 Å². The summed E-state index contributed by atoms with van der Waals surface area (Å²) in [5.41, 5.74) is 1.33. The van der Waals surface area contributed by atoms with Crippen molar-refractivity contribution < 1.29 is 18.0 Å². The van der Waals surface area contributed by atoms with E-state index in [-0.39, 0.29) is 6.54 Å². The molecule has 25 heavy (non-hydrogen) atoms. The molecule has 1 heterocycles. The summed E-state index contributed by atoms with van der Waals surface area (Å²) in [5.74, 6) is -1.93. The second kappa shape index (κ2) is 11.0. The van der Waals surface area contributed by atoms with Crippen LogP contribution < -0.4 is 10.6 Å². The number of halogens is 3. The van der Waals surface area contributed by atoms with E-state index in [4.69, 9.17) is 0 Å². The van der Waals surface area contributed by atoms with E-state index in [0.717, 1.165) is 44.7 Å². The molecule has 0 saturated heterocycles. The Morgan fingerprint density at radius 3 is 2.56 bits per heavy atom. The van der Waals surface area contributed by atoms with Crippen molar-refractivity contribution in [1.82, 2.24) is 20.5 Å². The smallest absolute Gasteiger partial charge is 0.344 e. The molecule has 0 radical (unpaired) electrons. The molecule has 8 heteroatoms. The summed E-state index contributed by atoms with van der Waals surface area (Å²) in [6.45, 7) is 8.75. The number of carbonyl (C=O) groups excluding carboxylic acids is 1. The van der Waals surface area contributed by atoms with Crippen molar-refractivity contribution in [3.8, 4) is 0 Å². The van der Waals surface area contributed by atoms with Gasteiger partial charge in [0.15, 0.2) is 0 Å². The number of unbranched alkanes of at least 4 members (excludes halogenated alkanes) is 1. The molecule has 0 bridgehead atoms. The van der Waals surface area contributed by atoms with Crippen molar-refractivity contribution in [2.45, 2.75) is 46.0 Å². The van der Waals surface area contributed by atoms with Crippen LogP contribution in [0.1, 0.15) is 37.9 Å². The van der Waals surface area contributed by atoms with E-state index in [1.807, 2.05) is 5.32 Å². The molecule has 0 spiro atoms. The molecule has 0 unspecified atom stereocenters. The van der Waals surface area contributed by atoms with E-state index < -0.39 is 12.1 Å². The van der Waals surface area contributed by atoms with Crippen LogP contribution in [-0.4, -0.2) is 48.1 Å². The quantitative estimate of drug-likeness (QED) is 0.595. The van der Waals surface area contributed by atoms with E-state index in [2.05, 4.69) is 29.0 Å². The van der Waals surface area contributed by atoms with Gasteiger partial charge in [-0.25, -0.2) is 0 Å². The molecule has 142 valence electrons. The van der Waals surface area contributed by atoms with Gasteiger partial charge in [0.05, 0.1) is 5.69 Å². The van der Waals surface area contributed by atoms with Crippen LogP contribution in [0.5, 0.6) is 0 Å². The molecular weight excluding hydrogens is 333 g/mol. The van der Waals surface area contributed by atoms with Crippen molar-refractivity contribution in [2.75, 3.05) is 26.2 Å². The Hall–Kier alpha value is -1.67. The van der Waals surface area contributed by atoms with Gasteiger partial charge in [0.25, 0.3) is 0 Å². The van der Waals surface area contributed by atoms with Gasteiger partial charge in [0.2, 0.25) is 0 Å². The maximum atomic E-state index is 12.2. The number of hydrogen-bond donors (Lipinski definition) is 2. The Bertz CT molecular complexity index is 519. The number of carbonyl (C=O) groups is 1. The van der Waals surface area contributed by atoms with Crippen LogP contribution in [0.25, 0.3) is 0 Å². The third-order valence-electron chi connectivity index (χ3n) is 3.87. The second-order valence-corrected chi connectivity index (χ2v) is 5.75. The van der Waals surface area contributed by atoms with Gasteiger partial charge in [0, 0.05) is 19.3 Å². The first-order valence-electron chi connectivity index (χ1n) is 8.58. The van der Waals surface area contributed by atoms with Crippen molar-refractivity contribution >= 4 is 5.91 Å². The second-order valence-electron chi connectivity index (χ2n) is 5.75. The summed E-state index contributed by atoms with van der Waals surface area (Å²) in [7, 11) is 0. The van der Waals surface area contributed by atoms with Crippen LogP contribution in [0, 0.1) is 0 Å². The van der Waals surface area contributed by atoms with Crippen LogP contribution in [0.3, 0.4) is 0 Å². The zero-order chi connectivity index (χ0) is 18.7. The summed E-state index contributed by atoms with van der Waals surface area (Å²) in [6, 6.07) is 3.28. The molecule has 1 aromatic rings. The summed E-state index contributed by atoms with van der Waals surface area (Å²) < 4.78 is 36.5. The number of alkyl halides is 3.